The molecule has 0 saturated carbocycles. The van der Waals surface area contributed by atoms with Crippen molar-refractivity contribution >= 4 is 29.2 Å². The second-order valence-electron chi connectivity index (χ2n) is 6.59. The van der Waals surface area contributed by atoms with Crippen LogP contribution in [0, 0.1) is 0 Å². The van der Waals surface area contributed by atoms with Crippen molar-refractivity contribution < 1.29 is 19.1 Å². The fraction of sp³-hybridized carbons (Fsp3) is 0.286. The molecule has 0 fully saturated rings. The van der Waals surface area contributed by atoms with E-state index in [0.29, 0.717) is 17.8 Å². The maximum Gasteiger partial charge on any atom is 0.325 e. The summed E-state index contributed by atoms with van der Waals surface area (Å²) in [7, 11) is 1.26. The molecule has 3 rings (SSSR count). The second kappa shape index (κ2) is 8.67. The van der Waals surface area contributed by atoms with Crippen LogP contribution in [0.25, 0.3) is 0 Å². The minimum Gasteiger partial charge on any atom is -0.468 e. The van der Waals surface area contributed by atoms with Crippen molar-refractivity contribution in [2.75, 3.05) is 30.0 Å². The molecule has 0 unspecified atom stereocenters. The van der Waals surface area contributed by atoms with E-state index >= 15 is 0 Å². The lowest BCUT2D eigenvalue weighted by atomic mass is 10.1. The molecule has 7 heteroatoms. The maximum atomic E-state index is 13.0. The number of para-hydroxylation sites is 2. The van der Waals surface area contributed by atoms with E-state index in [-0.39, 0.29) is 25.4 Å². The largest absolute Gasteiger partial charge is 0.468 e. The van der Waals surface area contributed by atoms with Crippen LogP contribution >= 0.6 is 0 Å². The summed E-state index contributed by atoms with van der Waals surface area (Å²) in [6, 6.07) is 15.8. The first-order valence-corrected chi connectivity index (χ1v) is 9.08. The molecule has 2 aromatic carbocycles. The summed E-state index contributed by atoms with van der Waals surface area (Å²) >= 11 is 0. The van der Waals surface area contributed by atoms with Crippen LogP contribution in [0.2, 0.25) is 0 Å². The molecule has 1 aliphatic rings. The van der Waals surface area contributed by atoms with Gasteiger partial charge in [-0.1, -0.05) is 42.5 Å². The van der Waals surface area contributed by atoms with Gasteiger partial charge in [0.2, 0.25) is 11.8 Å². The molecule has 0 aromatic heterocycles. The number of methoxy groups -OCH3 is 1. The zero-order chi connectivity index (χ0) is 20.1. The second-order valence-corrected chi connectivity index (χ2v) is 6.59. The molecule has 1 aliphatic heterocycles. The van der Waals surface area contributed by atoms with Crippen LogP contribution < -0.4 is 15.5 Å². The van der Waals surface area contributed by atoms with Crippen molar-refractivity contribution in [2.24, 2.45) is 5.73 Å². The van der Waals surface area contributed by atoms with Gasteiger partial charge in [-0.2, -0.15) is 0 Å². The fourth-order valence-corrected chi connectivity index (χ4v) is 3.24. The monoisotopic (exact) mass is 381 g/mol. The number of benzene rings is 2. The van der Waals surface area contributed by atoms with Gasteiger partial charge >= 0.3 is 5.97 Å². The average Bonchev–Trinajstić information content (AvgIpc) is 2.83. The summed E-state index contributed by atoms with van der Waals surface area (Å²) in [5.41, 5.74) is 8.16. The zero-order valence-electron chi connectivity index (χ0n) is 15.7. The van der Waals surface area contributed by atoms with Crippen molar-refractivity contribution in [2.45, 2.75) is 18.9 Å². The first kappa shape index (κ1) is 19.6. The topological polar surface area (TPSA) is 92.9 Å². The number of nitrogens with two attached hydrogens (primary N) is 1. The number of nitrogens with zero attached hydrogens (tertiary/aromatic N) is 2. The smallest absolute Gasteiger partial charge is 0.325 e. The van der Waals surface area contributed by atoms with E-state index in [2.05, 4.69) is 0 Å². The predicted molar refractivity (Wildman–Crippen MR) is 106 cm³/mol. The van der Waals surface area contributed by atoms with Gasteiger partial charge in [-0.25, -0.2) is 0 Å². The van der Waals surface area contributed by atoms with Gasteiger partial charge in [0, 0.05) is 6.42 Å². The molecule has 0 bridgehead atoms. The third-order valence-corrected chi connectivity index (χ3v) is 4.71. The number of carbonyl (C=O) groups is 3. The van der Waals surface area contributed by atoms with E-state index in [4.69, 9.17) is 10.5 Å². The average molecular weight is 381 g/mol. The van der Waals surface area contributed by atoms with Crippen LogP contribution in [-0.4, -0.2) is 44.0 Å². The van der Waals surface area contributed by atoms with Crippen LogP contribution in [-0.2, 0) is 25.5 Å². The number of hydrogen-bond acceptors (Lipinski definition) is 5. The van der Waals surface area contributed by atoms with Crippen LogP contribution in [0.3, 0.4) is 0 Å². The summed E-state index contributed by atoms with van der Waals surface area (Å²) < 4.78 is 4.70. The lowest BCUT2D eigenvalue weighted by Gasteiger charge is -2.24. The molecular formula is C21H23N3O4. The van der Waals surface area contributed by atoms with Gasteiger partial charge in [-0.15, -0.1) is 0 Å². The number of esters is 1. The Hall–Kier alpha value is -3.19. The summed E-state index contributed by atoms with van der Waals surface area (Å²) in [5, 5.41) is 0. The van der Waals surface area contributed by atoms with Crippen LogP contribution in [0.4, 0.5) is 11.4 Å². The highest BCUT2D eigenvalue weighted by atomic mass is 16.5. The number of anilines is 2. The van der Waals surface area contributed by atoms with E-state index in [1.54, 1.807) is 24.3 Å². The van der Waals surface area contributed by atoms with Crippen LogP contribution in [0.1, 0.15) is 12.0 Å². The normalized spacial score (nSPS) is 16.4. The first-order valence-electron chi connectivity index (χ1n) is 9.08. The zero-order valence-corrected chi connectivity index (χ0v) is 15.7. The number of hydrogen-bond donors (Lipinski definition) is 1. The van der Waals surface area contributed by atoms with E-state index in [9.17, 15) is 14.4 Å². The van der Waals surface area contributed by atoms with Crippen LogP contribution in [0.5, 0.6) is 0 Å². The van der Waals surface area contributed by atoms with E-state index in [1.807, 2.05) is 30.3 Å². The van der Waals surface area contributed by atoms with Gasteiger partial charge in [0.25, 0.3) is 0 Å². The summed E-state index contributed by atoms with van der Waals surface area (Å²) in [6.07, 6.45) is 0.879. The Morgan fingerprint density at radius 3 is 2.39 bits per heavy atom. The van der Waals surface area contributed by atoms with E-state index < -0.39 is 17.9 Å². The molecule has 0 radical (unpaired) electrons. The molecule has 0 spiro atoms. The number of rotatable bonds is 5. The minimum absolute atomic E-state index is 0.0567. The number of aryl methyl sites for hydroxylation is 1. The predicted octanol–water partition coefficient (Wildman–Crippen LogP) is 1.50. The molecule has 2 amide bonds. The van der Waals surface area contributed by atoms with Crippen molar-refractivity contribution in [1.82, 2.24) is 0 Å². The third kappa shape index (κ3) is 4.20. The number of fused-ring (bicyclic) bond motifs is 1. The molecule has 2 aromatic rings. The number of carbonyl (C=O) groups excluding carboxylic acids is 3. The Kier molecular flexibility index (Phi) is 6.06. The summed E-state index contributed by atoms with van der Waals surface area (Å²) in [6.45, 7) is -0.201. The molecule has 1 atom stereocenters. The Morgan fingerprint density at radius 1 is 1.07 bits per heavy atom. The molecule has 0 aliphatic carbocycles. The molecule has 7 nitrogen and oxygen atoms in total. The van der Waals surface area contributed by atoms with Crippen molar-refractivity contribution in [3.8, 4) is 0 Å². The maximum absolute atomic E-state index is 13.0. The Balaban J connectivity index is 1.88. The molecule has 0 saturated heterocycles. The molecule has 2 N–H and O–H groups in total. The van der Waals surface area contributed by atoms with Gasteiger partial charge in [-0.05, 0) is 24.1 Å². The minimum atomic E-state index is -0.933. The van der Waals surface area contributed by atoms with Gasteiger partial charge in [-0.3, -0.25) is 19.3 Å². The Morgan fingerprint density at radius 2 is 1.71 bits per heavy atom. The van der Waals surface area contributed by atoms with E-state index in [1.165, 1.54) is 16.9 Å². The number of amides is 2. The number of ether oxygens (including phenoxy) is 1. The van der Waals surface area contributed by atoms with Gasteiger partial charge in [0.05, 0.1) is 25.0 Å². The molecule has 1 heterocycles. The first-order chi connectivity index (χ1) is 13.5. The molecular weight excluding hydrogens is 358 g/mol. The Bertz CT molecular complexity index is 869. The van der Waals surface area contributed by atoms with E-state index in [0.717, 1.165) is 5.56 Å². The molecule has 146 valence electrons. The van der Waals surface area contributed by atoms with Gasteiger partial charge in [0.1, 0.15) is 12.6 Å². The molecule has 28 heavy (non-hydrogen) atoms. The van der Waals surface area contributed by atoms with Crippen molar-refractivity contribution in [3.63, 3.8) is 0 Å². The van der Waals surface area contributed by atoms with Gasteiger partial charge in [0.15, 0.2) is 0 Å². The summed E-state index contributed by atoms with van der Waals surface area (Å²) in [5.74, 6) is -1.10. The van der Waals surface area contributed by atoms with Crippen molar-refractivity contribution in [3.05, 3.63) is 60.2 Å². The summed E-state index contributed by atoms with van der Waals surface area (Å²) in [4.78, 5) is 40.4. The fourth-order valence-electron chi connectivity index (χ4n) is 3.24. The van der Waals surface area contributed by atoms with Crippen molar-refractivity contribution in [1.29, 1.82) is 0 Å². The lowest BCUT2D eigenvalue weighted by Crippen LogP contribution is -2.49. The van der Waals surface area contributed by atoms with Crippen LogP contribution in [0.15, 0.2) is 54.6 Å². The third-order valence-electron chi connectivity index (χ3n) is 4.71. The highest BCUT2D eigenvalue weighted by Gasteiger charge is 2.34. The highest BCUT2D eigenvalue weighted by molar-refractivity contribution is 6.08. The standard InChI is InChI=1S/C21H23N3O4/c1-28-20(26)14-24-18-10-6-5-9-17(18)23(13-16(22)21(24)27)19(25)12-11-15-7-3-2-4-8-15/h2-10,16H,11-14,22H2,1H3/t16-/m0/s1. The quantitative estimate of drug-likeness (QED) is 0.793. The van der Waals surface area contributed by atoms with Gasteiger partial charge < -0.3 is 15.4 Å². The highest BCUT2D eigenvalue weighted by Crippen LogP contribution is 2.33. The SMILES string of the molecule is COC(=O)CN1C(=O)[C@@H](N)CN(C(=O)CCc2ccccc2)c2ccccc21. The lowest BCUT2D eigenvalue weighted by molar-refractivity contribution is -0.140. The Labute approximate surface area is 163 Å².